The average Bonchev–Trinajstić information content (AvgIpc) is 3.45. The average molecular weight is 408 g/mol. The van der Waals surface area contributed by atoms with Gasteiger partial charge < -0.3 is 14.2 Å². The summed E-state index contributed by atoms with van der Waals surface area (Å²) in [6.07, 6.45) is 3.20. The van der Waals surface area contributed by atoms with E-state index in [1.54, 1.807) is 0 Å². The normalized spacial score (nSPS) is 20.7. The van der Waals surface area contributed by atoms with Crippen LogP contribution in [-0.4, -0.2) is 31.1 Å². The Kier molecular flexibility index (Phi) is 4.73. The van der Waals surface area contributed by atoms with Gasteiger partial charge in [0.2, 0.25) is 5.91 Å². The highest BCUT2D eigenvalue weighted by Gasteiger charge is 2.44. The van der Waals surface area contributed by atoms with Crippen molar-refractivity contribution in [3.8, 4) is 17.2 Å². The molecular formula is C23H24N2O5. The topological polar surface area (TPSA) is 85.9 Å². The lowest BCUT2D eigenvalue weighted by atomic mass is 9.78. The van der Waals surface area contributed by atoms with Gasteiger partial charge in [0.1, 0.15) is 19.0 Å². The SMILES string of the molecule is O=C(NNC(=O)C1(c2ccc3c(c2)OCCO3)CCCC1)C1Cc2ccccc2O1. The zero-order valence-electron chi connectivity index (χ0n) is 16.6. The van der Waals surface area contributed by atoms with Crippen LogP contribution in [0.2, 0.25) is 0 Å². The van der Waals surface area contributed by atoms with Gasteiger partial charge in [0.15, 0.2) is 17.6 Å². The van der Waals surface area contributed by atoms with Gasteiger partial charge in [-0.2, -0.15) is 0 Å². The van der Waals surface area contributed by atoms with E-state index in [2.05, 4.69) is 10.9 Å². The first-order valence-corrected chi connectivity index (χ1v) is 10.4. The minimum absolute atomic E-state index is 0.208. The van der Waals surface area contributed by atoms with Gasteiger partial charge in [0.05, 0.1) is 5.41 Å². The van der Waals surface area contributed by atoms with E-state index in [0.717, 1.165) is 36.8 Å². The summed E-state index contributed by atoms with van der Waals surface area (Å²) >= 11 is 0. The van der Waals surface area contributed by atoms with E-state index in [1.807, 2.05) is 42.5 Å². The van der Waals surface area contributed by atoms with Crippen molar-refractivity contribution in [3.05, 3.63) is 53.6 Å². The highest BCUT2D eigenvalue weighted by atomic mass is 16.6. The molecule has 2 amide bonds. The van der Waals surface area contributed by atoms with Gasteiger partial charge in [-0.1, -0.05) is 37.1 Å². The molecule has 0 aromatic heterocycles. The van der Waals surface area contributed by atoms with Crippen molar-refractivity contribution in [2.24, 2.45) is 0 Å². The molecule has 0 saturated heterocycles. The summed E-state index contributed by atoms with van der Waals surface area (Å²) in [5.74, 6) is 1.52. The summed E-state index contributed by atoms with van der Waals surface area (Å²) in [6.45, 7) is 1.02. The lowest BCUT2D eigenvalue weighted by Crippen LogP contribution is -2.53. The Balaban J connectivity index is 1.28. The highest BCUT2D eigenvalue weighted by Crippen LogP contribution is 2.44. The number of fused-ring (bicyclic) bond motifs is 2. The second-order valence-corrected chi connectivity index (χ2v) is 8.01. The van der Waals surface area contributed by atoms with Gasteiger partial charge in [-0.25, -0.2) is 0 Å². The molecule has 3 aliphatic rings. The summed E-state index contributed by atoms with van der Waals surface area (Å²) in [5.41, 5.74) is 6.42. The number of carbonyl (C=O) groups is 2. The second-order valence-electron chi connectivity index (χ2n) is 8.01. The molecule has 1 fully saturated rings. The minimum Gasteiger partial charge on any atom is -0.486 e. The number of hydrogen-bond acceptors (Lipinski definition) is 5. The lowest BCUT2D eigenvalue weighted by molar-refractivity contribution is -0.135. The van der Waals surface area contributed by atoms with Crippen LogP contribution in [0.15, 0.2) is 42.5 Å². The lowest BCUT2D eigenvalue weighted by Gasteiger charge is -2.30. The smallest absolute Gasteiger partial charge is 0.279 e. The van der Waals surface area contributed by atoms with E-state index in [4.69, 9.17) is 14.2 Å². The van der Waals surface area contributed by atoms with Crippen LogP contribution in [0.4, 0.5) is 0 Å². The Bertz CT molecular complexity index is 958. The summed E-state index contributed by atoms with van der Waals surface area (Å²) in [7, 11) is 0. The van der Waals surface area contributed by atoms with Crippen LogP contribution in [0.5, 0.6) is 17.2 Å². The molecule has 0 radical (unpaired) electrons. The van der Waals surface area contributed by atoms with Crippen molar-refractivity contribution < 1.29 is 23.8 Å². The number of para-hydroxylation sites is 1. The van der Waals surface area contributed by atoms with E-state index in [0.29, 0.717) is 36.9 Å². The molecule has 0 spiro atoms. The first-order valence-electron chi connectivity index (χ1n) is 10.4. The third-order valence-electron chi connectivity index (χ3n) is 6.23. The number of amides is 2. The first-order chi connectivity index (χ1) is 14.7. The summed E-state index contributed by atoms with van der Waals surface area (Å²) in [4.78, 5) is 25.8. The van der Waals surface area contributed by atoms with Gasteiger partial charge in [0.25, 0.3) is 5.91 Å². The predicted octanol–water partition coefficient (Wildman–Crippen LogP) is 2.42. The number of rotatable bonds is 3. The summed E-state index contributed by atoms with van der Waals surface area (Å²) < 4.78 is 17.0. The van der Waals surface area contributed by atoms with E-state index in [9.17, 15) is 9.59 Å². The van der Waals surface area contributed by atoms with Crippen LogP contribution in [0, 0.1) is 0 Å². The number of ether oxygens (including phenoxy) is 3. The largest absolute Gasteiger partial charge is 0.486 e. The molecule has 1 unspecified atom stereocenters. The number of hydrogen-bond donors (Lipinski definition) is 2. The Hall–Kier alpha value is -3.22. The van der Waals surface area contributed by atoms with Gasteiger partial charge in [-0.15, -0.1) is 0 Å². The van der Waals surface area contributed by atoms with Gasteiger partial charge in [-0.05, 0) is 42.2 Å². The van der Waals surface area contributed by atoms with Gasteiger partial charge in [0, 0.05) is 6.42 Å². The molecule has 1 atom stereocenters. The van der Waals surface area contributed by atoms with Crippen LogP contribution < -0.4 is 25.1 Å². The van der Waals surface area contributed by atoms with Crippen LogP contribution in [-0.2, 0) is 21.4 Å². The van der Waals surface area contributed by atoms with Crippen LogP contribution in [0.25, 0.3) is 0 Å². The maximum atomic E-state index is 13.2. The third-order valence-corrected chi connectivity index (χ3v) is 6.23. The Morgan fingerprint density at radius 3 is 2.47 bits per heavy atom. The molecule has 5 rings (SSSR count). The van der Waals surface area contributed by atoms with E-state index in [1.165, 1.54) is 0 Å². The molecular weight excluding hydrogens is 384 g/mol. The van der Waals surface area contributed by atoms with Crippen LogP contribution >= 0.6 is 0 Å². The molecule has 2 aliphatic heterocycles. The quantitative estimate of drug-likeness (QED) is 0.762. The molecule has 1 aliphatic carbocycles. The van der Waals surface area contributed by atoms with Crippen molar-refractivity contribution in [2.45, 2.75) is 43.6 Å². The molecule has 7 nitrogen and oxygen atoms in total. The van der Waals surface area contributed by atoms with Crippen molar-refractivity contribution in [2.75, 3.05) is 13.2 Å². The fourth-order valence-corrected chi connectivity index (χ4v) is 4.61. The number of carbonyl (C=O) groups excluding carboxylic acids is 2. The molecule has 2 aromatic carbocycles. The van der Waals surface area contributed by atoms with Crippen molar-refractivity contribution in [3.63, 3.8) is 0 Å². The number of nitrogens with one attached hydrogen (secondary N) is 2. The zero-order valence-corrected chi connectivity index (χ0v) is 16.6. The third kappa shape index (κ3) is 3.24. The Morgan fingerprint density at radius 2 is 1.67 bits per heavy atom. The minimum atomic E-state index is -0.692. The molecule has 1 saturated carbocycles. The Morgan fingerprint density at radius 1 is 0.900 bits per heavy atom. The first kappa shape index (κ1) is 18.8. The standard InChI is InChI=1S/C23H24N2O5/c26-21(20-13-15-5-1-2-6-17(15)30-20)24-25-22(27)23(9-3-4-10-23)16-7-8-18-19(14-16)29-12-11-28-18/h1-2,5-8,14,20H,3-4,9-13H2,(H,24,26)(H,25,27). The van der Waals surface area contributed by atoms with Crippen molar-refractivity contribution in [1.29, 1.82) is 0 Å². The van der Waals surface area contributed by atoms with Gasteiger partial charge >= 0.3 is 0 Å². The highest BCUT2D eigenvalue weighted by molar-refractivity contribution is 5.91. The maximum absolute atomic E-state index is 13.2. The second kappa shape index (κ2) is 7.55. The molecule has 2 heterocycles. The predicted molar refractivity (Wildman–Crippen MR) is 108 cm³/mol. The molecule has 156 valence electrons. The van der Waals surface area contributed by atoms with Gasteiger partial charge in [-0.3, -0.25) is 20.4 Å². The molecule has 0 bridgehead atoms. The van der Waals surface area contributed by atoms with Crippen molar-refractivity contribution >= 4 is 11.8 Å². The van der Waals surface area contributed by atoms with Crippen LogP contribution in [0.3, 0.4) is 0 Å². The van der Waals surface area contributed by atoms with Crippen LogP contribution in [0.1, 0.15) is 36.8 Å². The number of hydrazine groups is 1. The van der Waals surface area contributed by atoms with E-state index in [-0.39, 0.29) is 11.8 Å². The van der Waals surface area contributed by atoms with E-state index < -0.39 is 11.5 Å². The molecule has 30 heavy (non-hydrogen) atoms. The summed E-state index contributed by atoms with van der Waals surface area (Å²) in [6, 6.07) is 13.3. The summed E-state index contributed by atoms with van der Waals surface area (Å²) in [5, 5.41) is 0. The fourth-order valence-electron chi connectivity index (χ4n) is 4.61. The Labute approximate surface area is 174 Å². The molecule has 7 heteroatoms. The molecule has 2 N–H and O–H groups in total. The van der Waals surface area contributed by atoms with E-state index >= 15 is 0 Å². The van der Waals surface area contributed by atoms with Crippen molar-refractivity contribution in [1.82, 2.24) is 10.9 Å². The monoisotopic (exact) mass is 408 g/mol. The number of benzene rings is 2. The zero-order chi connectivity index (χ0) is 20.6. The molecule has 2 aromatic rings. The maximum Gasteiger partial charge on any atom is 0.279 e. The fraction of sp³-hybridized carbons (Fsp3) is 0.391.